The number of hydrogen-bond donors (Lipinski definition) is 4. The first kappa shape index (κ1) is 18.4. The van der Waals surface area contributed by atoms with Crippen LogP contribution in [0.1, 0.15) is 0 Å². The van der Waals surface area contributed by atoms with Gasteiger partial charge in [0.2, 0.25) is 0 Å². The second kappa shape index (κ2) is 11.0. The highest BCUT2D eigenvalue weighted by Gasteiger charge is 2.10. The van der Waals surface area contributed by atoms with Gasteiger partial charge in [-0.05, 0) is 6.20 Å². The van der Waals surface area contributed by atoms with Gasteiger partial charge in [0.25, 0.3) is 11.8 Å². The molecule has 0 aromatic rings. The summed E-state index contributed by atoms with van der Waals surface area (Å²) in [5.41, 5.74) is 0. The van der Waals surface area contributed by atoms with Crippen molar-refractivity contribution in [2.45, 2.75) is 0 Å². The molecule has 10 nitrogen and oxygen atoms in total. The number of carbonyl (C=O) groups is 2. The van der Waals surface area contributed by atoms with Crippen molar-refractivity contribution in [3.63, 3.8) is 0 Å². The molecule has 0 bridgehead atoms. The van der Waals surface area contributed by atoms with Gasteiger partial charge in [0.15, 0.2) is 0 Å². The maximum absolute atomic E-state index is 11.1. The van der Waals surface area contributed by atoms with E-state index in [4.69, 9.17) is 10.4 Å². The Bertz CT molecular complexity index is 465. The molecule has 128 valence electrons. The molecule has 1 aliphatic rings. The van der Waals surface area contributed by atoms with Gasteiger partial charge >= 0.3 is 0 Å². The number of nitrogens with zero attached hydrogens (tertiary/aromatic N) is 4. The van der Waals surface area contributed by atoms with Crippen molar-refractivity contribution < 1.29 is 20.0 Å². The third-order valence-electron chi connectivity index (χ3n) is 3.16. The Kier molecular flexibility index (Phi) is 8.83. The molecule has 1 heterocycles. The van der Waals surface area contributed by atoms with Crippen LogP contribution in [0.25, 0.3) is 0 Å². The Morgan fingerprint density at radius 2 is 1.65 bits per heavy atom. The molecule has 2 amide bonds. The van der Waals surface area contributed by atoms with Crippen molar-refractivity contribution in [1.29, 1.82) is 0 Å². The van der Waals surface area contributed by atoms with Gasteiger partial charge in [-0.2, -0.15) is 0 Å². The minimum atomic E-state index is -0.435. The largest absolute Gasteiger partial charge is 0.411 e. The van der Waals surface area contributed by atoms with Crippen molar-refractivity contribution in [3.8, 4) is 0 Å². The number of carbonyl (C=O) groups excluding carboxylic acids is 2. The Labute approximate surface area is 134 Å². The summed E-state index contributed by atoms with van der Waals surface area (Å²) in [7, 11) is 0. The second-order valence-corrected chi connectivity index (χ2v) is 4.79. The fraction of sp³-hybridized carbons (Fsp3) is 0.538. The first-order valence-electron chi connectivity index (χ1n) is 7.19. The Hall–Kier alpha value is -2.62. The summed E-state index contributed by atoms with van der Waals surface area (Å²) < 4.78 is 0. The Balaban J connectivity index is 2.20. The predicted molar refractivity (Wildman–Crippen MR) is 83.7 cm³/mol. The molecule has 1 aliphatic heterocycles. The summed E-state index contributed by atoms with van der Waals surface area (Å²) >= 11 is 0. The van der Waals surface area contributed by atoms with Crippen LogP contribution in [-0.2, 0) is 9.59 Å². The van der Waals surface area contributed by atoms with E-state index in [1.54, 1.807) is 0 Å². The van der Waals surface area contributed by atoms with Crippen LogP contribution >= 0.6 is 0 Å². The smallest absolute Gasteiger partial charge is 0.265 e. The number of rotatable bonds is 8. The molecule has 0 aromatic carbocycles. The lowest BCUT2D eigenvalue weighted by atomic mass is 10.4. The minimum absolute atomic E-state index is 0.429. The van der Waals surface area contributed by atoms with E-state index in [1.807, 2.05) is 12.3 Å². The summed E-state index contributed by atoms with van der Waals surface area (Å²) in [5, 5.41) is 27.0. The van der Waals surface area contributed by atoms with E-state index in [0.717, 1.165) is 32.1 Å². The van der Waals surface area contributed by atoms with Gasteiger partial charge in [0.05, 0.1) is 0 Å². The first-order chi connectivity index (χ1) is 11.2. The molecule has 0 fully saturated rings. The van der Waals surface area contributed by atoms with Crippen molar-refractivity contribution >= 4 is 24.2 Å². The molecular weight excluding hydrogens is 304 g/mol. The van der Waals surface area contributed by atoms with Gasteiger partial charge in [-0.3, -0.25) is 14.5 Å². The normalized spacial score (nSPS) is 15.9. The van der Waals surface area contributed by atoms with E-state index in [2.05, 4.69) is 30.7 Å². The van der Waals surface area contributed by atoms with Gasteiger partial charge in [-0.15, -0.1) is 0 Å². The highest BCUT2D eigenvalue weighted by molar-refractivity contribution is 6.26. The number of nitrogens with one attached hydrogen (secondary N) is 2. The lowest BCUT2D eigenvalue weighted by Crippen LogP contribution is -2.39. The molecule has 0 saturated heterocycles. The third kappa shape index (κ3) is 8.41. The van der Waals surface area contributed by atoms with E-state index in [1.165, 1.54) is 0 Å². The highest BCUT2D eigenvalue weighted by Crippen LogP contribution is 1.99. The van der Waals surface area contributed by atoms with Crippen LogP contribution in [-0.4, -0.2) is 90.3 Å². The molecule has 0 aromatic heterocycles. The molecule has 10 heteroatoms. The van der Waals surface area contributed by atoms with Crippen LogP contribution in [0.4, 0.5) is 0 Å². The molecular formula is C13H22N6O4. The molecule has 0 unspecified atom stereocenters. The Morgan fingerprint density at radius 1 is 1.04 bits per heavy atom. The molecule has 0 saturated carbocycles. The molecule has 0 radical (unpaired) electrons. The van der Waals surface area contributed by atoms with Crippen molar-refractivity contribution in [3.05, 3.63) is 12.3 Å². The second-order valence-electron chi connectivity index (χ2n) is 4.79. The zero-order valence-electron chi connectivity index (χ0n) is 12.8. The maximum atomic E-state index is 11.1. The summed E-state index contributed by atoms with van der Waals surface area (Å²) in [4.78, 5) is 26.5. The van der Waals surface area contributed by atoms with Gasteiger partial charge in [0.1, 0.15) is 12.4 Å². The lowest BCUT2D eigenvalue weighted by Gasteiger charge is -2.22. The van der Waals surface area contributed by atoms with Gasteiger partial charge in [0, 0.05) is 45.8 Å². The monoisotopic (exact) mass is 326 g/mol. The van der Waals surface area contributed by atoms with Crippen LogP contribution in [0.5, 0.6) is 0 Å². The SMILES string of the molecule is O=C(/C=N/O)NCCN1C=CCN(CCNC(=O)/C=N/O)CC1. The summed E-state index contributed by atoms with van der Waals surface area (Å²) in [6, 6.07) is 0. The van der Waals surface area contributed by atoms with Crippen LogP contribution in [0.3, 0.4) is 0 Å². The van der Waals surface area contributed by atoms with E-state index >= 15 is 0 Å². The van der Waals surface area contributed by atoms with Gasteiger partial charge in [-0.25, -0.2) is 0 Å². The summed E-state index contributed by atoms with van der Waals surface area (Å²) in [6.07, 6.45) is 5.62. The average molecular weight is 326 g/mol. The molecule has 4 N–H and O–H groups in total. The minimum Gasteiger partial charge on any atom is -0.411 e. The molecule has 0 spiro atoms. The molecule has 0 atom stereocenters. The highest BCUT2D eigenvalue weighted by atomic mass is 16.4. The first-order valence-corrected chi connectivity index (χ1v) is 7.19. The number of oxime groups is 2. The van der Waals surface area contributed by atoms with Gasteiger partial charge < -0.3 is 25.9 Å². The summed E-state index contributed by atoms with van der Waals surface area (Å²) in [6.45, 7) is 4.65. The van der Waals surface area contributed by atoms with Crippen LogP contribution < -0.4 is 10.6 Å². The molecule has 23 heavy (non-hydrogen) atoms. The van der Waals surface area contributed by atoms with Crippen LogP contribution in [0, 0.1) is 0 Å². The molecule has 0 aliphatic carbocycles. The fourth-order valence-electron chi connectivity index (χ4n) is 2.03. The third-order valence-corrected chi connectivity index (χ3v) is 3.16. The van der Waals surface area contributed by atoms with Crippen LogP contribution in [0.15, 0.2) is 22.6 Å². The zero-order chi connectivity index (χ0) is 16.9. The topological polar surface area (TPSA) is 130 Å². The Morgan fingerprint density at radius 3 is 2.26 bits per heavy atom. The standard InChI is InChI=1S/C13H22N6O4/c20-12(10-16-22)14-2-6-18-4-1-5-19(9-8-18)7-3-15-13(21)11-17-23/h1,4,10-11,22-23H,2-3,5-9H2,(H,14,20)(H,15,21)/b16-10+,17-11+. The van der Waals surface area contributed by atoms with E-state index < -0.39 is 11.8 Å². The average Bonchev–Trinajstić information content (AvgIpc) is 2.73. The quantitative estimate of drug-likeness (QED) is 0.238. The van der Waals surface area contributed by atoms with Crippen LogP contribution in [0.2, 0.25) is 0 Å². The van der Waals surface area contributed by atoms with E-state index in [-0.39, 0.29) is 0 Å². The van der Waals surface area contributed by atoms with Crippen molar-refractivity contribution in [2.24, 2.45) is 10.3 Å². The lowest BCUT2D eigenvalue weighted by molar-refractivity contribution is -0.115. The van der Waals surface area contributed by atoms with Gasteiger partial charge in [-0.1, -0.05) is 16.4 Å². The zero-order valence-corrected chi connectivity index (χ0v) is 12.8. The number of amides is 2. The summed E-state index contributed by atoms with van der Waals surface area (Å²) in [5.74, 6) is -0.864. The van der Waals surface area contributed by atoms with Crippen molar-refractivity contribution in [1.82, 2.24) is 20.4 Å². The van der Waals surface area contributed by atoms with E-state index in [9.17, 15) is 9.59 Å². The number of hydrogen-bond acceptors (Lipinski definition) is 8. The van der Waals surface area contributed by atoms with Crippen molar-refractivity contribution in [2.75, 3.05) is 45.8 Å². The predicted octanol–water partition coefficient (Wildman–Crippen LogP) is -1.73. The maximum Gasteiger partial charge on any atom is 0.265 e. The van der Waals surface area contributed by atoms with E-state index in [0.29, 0.717) is 26.2 Å². The fourth-order valence-corrected chi connectivity index (χ4v) is 2.03. The molecule has 1 rings (SSSR count).